The standard InChI is InChI=1S/C17H19F4N3O2S/c18-5-6-22-9-14-23-8-13(27-14)10-1-3-11(4-2-10)15(25)12(7-19)24-17(26)16(20)21/h1-4,8,12,15-16,22,25H,5-7,9H2,(H,24,26)/t12-,15-/m1/s1. The third kappa shape index (κ3) is 5.98. The number of rotatable bonds is 10. The van der Waals surface area contributed by atoms with E-state index < -0.39 is 37.8 Å². The van der Waals surface area contributed by atoms with E-state index in [1.807, 2.05) is 0 Å². The minimum absolute atomic E-state index is 0.249. The number of alkyl halides is 4. The van der Waals surface area contributed by atoms with E-state index >= 15 is 0 Å². The summed E-state index contributed by atoms with van der Waals surface area (Å²) in [5.41, 5.74) is 1.08. The molecule has 1 heterocycles. The fourth-order valence-electron chi connectivity index (χ4n) is 2.31. The summed E-state index contributed by atoms with van der Waals surface area (Å²) in [7, 11) is 0. The lowest BCUT2D eigenvalue weighted by Gasteiger charge is -2.21. The monoisotopic (exact) mass is 405 g/mol. The van der Waals surface area contributed by atoms with Crippen molar-refractivity contribution in [1.29, 1.82) is 0 Å². The van der Waals surface area contributed by atoms with Crippen molar-refractivity contribution < 1.29 is 27.5 Å². The summed E-state index contributed by atoms with van der Waals surface area (Å²) in [6.07, 6.45) is -3.09. The van der Waals surface area contributed by atoms with Gasteiger partial charge in [-0.1, -0.05) is 24.3 Å². The van der Waals surface area contributed by atoms with Crippen molar-refractivity contribution in [3.8, 4) is 10.4 Å². The molecule has 148 valence electrons. The molecule has 3 N–H and O–H groups in total. The van der Waals surface area contributed by atoms with Crippen LogP contribution in [0.5, 0.6) is 0 Å². The number of nitrogens with one attached hydrogen (secondary N) is 2. The number of thiazole rings is 1. The van der Waals surface area contributed by atoms with Crippen LogP contribution in [0.1, 0.15) is 16.7 Å². The number of aliphatic hydroxyl groups excluding tert-OH is 1. The molecule has 1 aromatic carbocycles. The van der Waals surface area contributed by atoms with Gasteiger partial charge in [-0.15, -0.1) is 11.3 Å². The lowest BCUT2D eigenvalue weighted by Crippen LogP contribution is -2.43. The molecule has 0 aliphatic heterocycles. The molecule has 0 unspecified atom stereocenters. The molecular formula is C17H19F4N3O2S. The molecule has 0 aliphatic rings. The molecule has 0 bridgehead atoms. The van der Waals surface area contributed by atoms with Crippen LogP contribution in [0.15, 0.2) is 30.5 Å². The van der Waals surface area contributed by atoms with Crippen molar-refractivity contribution in [1.82, 2.24) is 15.6 Å². The summed E-state index contributed by atoms with van der Waals surface area (Å²) < 4.78 is 49.7. The predicted octanol–water partition coefficient (Wildman–Crippen LogP) is 2.62. The van der Waals surface area contributed by atoms with Crippen LogP contribution in [0.4, 0.5) is 17.6 Å². The number of carbonyl (C=O) groups excluding carboxylic acids is 1. The average molecular weight is 405 g/mol. The maximum Gasteiger partial charge on any atom is 0.315 e. The first kappa shape index (κ1) is 21.3. The molecule has 2 aromatic rings. The summed E-state index contributed by atoms with van der Waals surface area (Å²) in [5.74, 6) is -1.63. The van der Waals surface area contributed by atoms with Gasteiger partial charge in [-0.25, -0.2) is 13.8 Å². The van der Waals surface area contributed by atoms with Crippen molar-refractivity contribution in [2.45, 2.75) is 25.1 Å². The molecule has 27 heavy (non-hydrogen) atoms. The Morgan fingerprint density at radius 2 is 1.93 bits per heavy atom. The van der Waals surface area contributed by atoms with Gasteiger partial charge in [-0.05, 0) is 11.1 Å². The molecule has 1 amide bonds. The highest BCUT2D eigenvalue weighted by molar-refractivity contribution is 7.15. The number of amides is 1. The molecule has 1 aromatic heterocycles. The Labute approximate surface area is 157 Å². The van der Waals surface area contributed by atoms with Gasteiger partial charge < -0.3 is 15.7 Å². The van der Waals surface area contributed by atoms with Crippen molar-refractivity contribution >= 4 is 17.2 Å². The molecule has 0 fully saturated rings. The van der Waals surface area contributed by atoms with E-state index in [1.165, 1.54) is 23.5 Å². The Kier molecular flexibility index (Phi) is 8.14. The number of hydrogen-bond acceptors (Lipinski definition) is 5. The summed E-state index contributed by atoms with van der Waals surface area (Å²) >= 11 is 1.41. The number of benzene rings is 1. The van der Waals surface area contributed by atoms with Gasteiger partial charge in [0.25, 0.3) is 5.91 Å². The third-order valence-electron chi connectivity index (χ3n) is 3.71. The van der Waals surface area contributed by atoms with Gasteiger partial charge in [-0.2, -0.15) is 8.78 Å². The number of hydrogen-bond donors (Lipinski definition) is 3. The smallest absolute Gasteiger partial charge is 0.315 e. The largest absolute Gasteiger partial charge is 0.386 e. The SMILES string of the molecule is O=C(N[C@H](CF)[C@H](O)c1ccc(-c2cnc(CNCCF)s2)cc1)C(F)F. The topological polar surface area (TPSA) is 74.2 Å². The van der Waals surface area contributed by atoms with Gasteiger partial charge in [-0.3, -0.25) is 4.79 Å². The minimum Gasteiger partial charge on any atom is -0.386 e. The van der Waals surface area contributed by atoms with Gasteiger partial charge >= 0.3 is 6.43 Å². The molecule has 0 radical (unpaired) electrons. The van der Waals surface area contributed by atoms with E-state index in [1.54, 1.807) is 23.6 Å². The second kappa shape index (κ2) is 10.3. The summed E-state index contributed by atoms with van der Waals surface area (Å²) in [5, 5.41) is 15.6. The summed E-state index contributed by atoms with van der Waals surface area (Å²) in [4.78, 5) is 16.1. The highest BCUT2D eigenvalue weighted by atomic mass is 32.1. The first-order valence-corrected chi connectivity index (χ1v) is 8.92. The normalized spacial score (nSPS) is 13.6. The van der Waals surface area contributed by atoms with E-state index in [9.17, 15) is 27.5 Å². The van der Waals surface area contributed by atoms with Crippen molar-refractivity contribution in [3.63, 3.8) is 0 Å². The van der Waals surface area contributed by atoms with Crippen molar-refractivity contribution in [2.24, 2.45) is 0 Å². The van der Waals surface area contributed by atoms with Crippen LogP contribution >= 0.6 is 11.3 Å². The van der Waals surface area contributed by atoms with E-state index in [4.69, 9.17) is 0 Å². The molecule has 2 rings (SSSR count). The van der Waals surface area contributed by atoms with Gasteiger partial charge in [0.15, 0.2) is 0 Å². The minimum atomic E-state index is -3.28. The van der Waals surface area contributed by atoms with Crippen LogP contribution in [0.2, 0.25) is 0 Å². The van der Waals surface area contributed by atoms with E-state index in [0.29, 0.717) is 6.54 Å². The Balaban J connectivity index is 2.04. The van der Waals surface area contributed by atoms with Crippen molar-refractivity contribution in [3.05, 3.63) is 41.0 Å². The Morgan fingerprint density at radius 1 is 1.22 bits per heavy atom. The zero-order chi connectivity index (χ0) is 19.8. The van der Waals surface area contributed by atoms with Crippen LogP contribution in [0.25, 0.3) is 10.4 Å². The fourth-order valence-corrected chi connectivity index (χ4v) is 3.20. The zero-order valence-corrected chi connectivity index (χ0v) is 15.0. The number of aromatic nitrogens is 1. The quantitative estimate of drug-likeness (QED) is 0.420. The second-order valence-electron chi connectivity index (χ2n) is 5.62. The second-order valence-corrected chi connectivity index (χ2v) is 6.74. The lowest BCUT2D eigenvalue weighted by atomic mass is 10.0. The molecule has 0 saturated heterocycles. The Morgan fingerprint density at radius 3 is 2.52 bits per heavy atom. The van der Waals surface area contributed by atoms with Gasteiger partial charge in [0.2, 0.25) is 0 Å². The van der Waals surface area contributed by atoms with E-state index in [2.05, 4.69) is 10.3 Å². The lowest BCUT2D eigenvalue weighted by molar-refractivity contribution is -0.133. The number of aliphatic hydroxyl groups is 1. The summed E-state index contributed by atoms with van der Waals surface area (Å²) in [6.45, 7) is -0.947. The highest BCUT2D eigenvalue weighted by Crippen LogP contribution is 2.28. The highest BCUT2D eigenvalue weighted by Gasteiger charge is 2.26. The van der Waals surface area contributed by atoms with Crippen LogP contribution in [-0.2, 0) is 11.3 Å². The predicted molar refractivity (Wildman–Crippen MR) is 94.1 cm³/mol. The van der Waals surface area contributed by atoms with E-state index in [-0.39, 0.29) is 12.1 Å². The maximum absolute atomic E-state index is 13.0. The van der Waals surface area contributed by atoms with Crippen LogP contribution in [0, 0.1) is 0 Å². The molecule has 0 spiro atoms. The van der Waals surface area contributed by atoms with Crippen LogP contribution in [0.3, 0.4) is 0 Å². The van der Waals surface area contributed by atoms with Gasteiger partial charge in [0.1, 0.15) is 24.5 Å². The van der Waals surface area contributed by atoms with Gasteiger partial charge in [0.05, 0.1) is 10.9 Å². The number of nitrogens with zero attached hydrogens (tertiary/aromatic N) is 1. The van der Waals surface area contributed by atoms with Crippen molar-refractivity contribution in [2.75, 3.05) is 19.9 Å². The van der Waals surface area contributed by atoms with E-state index in [0.717, 1.165) is 15.4 Å². The molecule has 0 saturated carbocycles. The Bertz CT molecular complexity index is 727. The molecule has 2 atom stereocenters. The van der Waals surface area contributed by atoms with Crippen LogP contribution < -0.4 is 10.6 Å². The number of carbonyl (C=O) groups is 1. The molecule has 0 aliphatic carbocycles. The number of halogens is 4. The Hall–Kier alpha value is -2.04. The van der Waals surface area contributed by atoms with Crippen LogP contribution in [-0.4, -0.2) is 48.4 Å². The zero-order valence-electron chi connectivity index (χ0n) is 14.2. The fraction of sp³-hybridized carbons (Fsp3) is 0.412. The van der Waals surface area contributed by atoms with Gasteiger partial charge in [0, 0.05) is 19.3 Å². The average Bonchev–Trinajstić information content (AvgIpc) is 3.14. The molecule has 5 nitrogen and oxygen atoms in total. The molecular weight excluding hydrogens is 386 g/mol. The summed E-state index contributed by atoms with van der Waals surface area (Å²) in [6, 6.07) is 4.94. The first-order valence-electron chi connectivity index (χ1n) is 8.10. The molecule has 10 heteroatoms. The maximum atomic E-state index is 13.0. The first-order chi connectivity index (χ1) is 13.0. The third-order valence-corrected chi connectivity index (χ3v) is 4.76.